The summed E-state index contributed by atoms with van der Waals surface area (Å²) in [6, 6.07) is 17.8. The van der Waals surface area contributed by atoms with E-state index in [0.29, 0.717) is 13.2 Å². The van der Waals surface area contributed by atoms with Gasteiger partial charge in [0.05, 0.1) is 6.61 Å². The molecule has 1 aliphatic heterocycles. The van der Waals surface area contributed by atoms with Crippen LogP contribution < -0.4 is 39.0 Å². The van der Waals surface area contributed by atoms with Crippen molar-refractivity contribution in [1.29, 1.82) is 0 Å². The molecule has 20 heavy (non-hydrogen) atoms. The van der Waals surface area contributed by atoms with Gasteiger partial charge in [-0.2, -0.15) is 0 Å². The van der Waals surface area contributed by atoms with Crippen molar-refractivity contribution < 1.29 is 45.2 Å². The topological polar surface area (TPSA) is 31.0 Å². The van der Waals surface area contributed by atoms with E-state index in [1.165, 1.54) is 0 Å². The zero-order chi connectivity index (χ0) is 12.9. The Morgan fingerprint density at radius 3 is 2.15 bits per heavy atom. The Bertz CT molecular complexity index is 515. The minimum absolute atomic E-state index is 0. The summed E-state index contributed by atoms with van der Waals surface area (Å²) in [6.07, 6.45) is 0.286. The van der Waals surface area contributed by atoms with Gasteiger partial charge in [-0.25, -0.2) is 0 Å². The Morgan fingerprint density at radius 2 is 1.55 bits per heavy atom. The number of hydrogen-bond donors (Lipinski definition) is 0. The van der Waals surface area contributed by atoms with Crippen LogP contribution in [0.1, 0.15) is 6.99 Å². The summed E-state index contributed by atoms with van der Waals surface area (Å²) < 4.78 is 16.4. The van der Waals surface area contributed by atoms with Crippen LogP contribution >= 0.6 is 0 Å². The normalized spacial score (nSPS) is 16.1. The van der Waals surface area contributed by atoms with Gasteiger partial charge in [-0.1, -0.05) is 30.3 Å². The fraction of sp³-hybridized carbons (Fsp3) is 0.250. The molecule has 0 unspecified atom stereocenters. The predicted molar refractivity (Wildman–Crippen MR) is 73.6 cm³/mol. The van der Waals surface area contributed by atoms with Gasteiger partial charge in [0, 0.05) is 0 Å². The number of hydrogen-bond acceptors (Lipinski definition) is 3. The average molecular weight is 280 g/mol. The molecule has 100 valence electrons. The molecule has 3 rings (SSSR count). The Morgan fingerprint density at radius 1 is 0.950 bits per heavy atom. The van der Waals surface area contributed by atoms with E-state index in [4.69, 9.17) is 14.2 Å². The molecule has 0 radical (unpaired) electrons. The molecule has 0 bridgehead atoms. The van der Waals surface area contributed by atoms with Crippen LogP contribution in [-0.2, 0) is 11.3 Å². The maximum atomic E-state index is 5.70. The molecule has 1 saturated heterocycles. The van der Waals surface area contributed by atoms with Gasteiger partial charge < -0.3 is 15.6 Å². The van der Waals surface area contributed by atoms with Crippen LogP contribution in [0.15, 0.2) is 54.6 Å². The maximum absolute atomic E-state index is 5.70. The van der Waals surface area contributed by atoms with E-state index >= 15 is 0 Å². The number of rotatable bonds is 6. The third kappa shape index (κ3) is 4.84. The number of epoxide rings is 1. The summed E-state index contributed by atoms with van der Waals surface area (Å²) in [4.78, 5) is 0. The van der Waals surface area contributed by atoms with Gasteiger partial charge in [-0.15, -0.1) is 0 Å². The minimum Gasteiger partial charge on any atom is -1.00 e. The quantitative estimate of drug-likeness (QED) is 0.558. The van der Waals surface area contributed by atoms with E-state index in [2.05, 4.69) is 0 Å². The largest absolute Gasteiger partial charge is 1.00 e. The molecule has 2 aromatic rings. The summed E-state index contributed by atoms with van der Waals surface area (Å²) in [5, 5.41) is 0. The number of benzene rings is 2. The molecule has 0 aliphatic carbocycles. The van der Waals surface area contributed by atoms with Crippen LogP contribution in [0.5, 0.6) is 11.5 Å². The first kappa shape index (κ1) is 15.4. The Hall–Kier alpha value is -1.00. The molecule has 0 amide bonds. The molecule has 1 heterocycles. The third-order valence-corrected chi connectivity index (χ3v) is 2.91. The first-order chi connectivity index (χ1) is 9.40. The first-order valence-corrected chi connectivity index (χ1v) is 6.41. The second-order valence-electron chi connectivity index (χ2n) is 4.51. The van der Waals surface area contributed by atoms with Crippen LogP contribution in [0, 0.1) is 0 Å². The van der Waals surface area contributed by atoms with E-state index in [1.54, 1.807) is 0 Å². The molecule has 2 aromatic carbocycles. The summed E-state index contributed by atoms with van der Waals surface area (Å²) in [6.45, 7) is 2.03. The molecule has 3 nitrogen and oxygen atoms in total. The first-order valence-electron chi connectivity index (χ1n) is 6.41. The van der Waals surface area contributed by atoms with Crippen LogP contribution in [-0.4, -0.2) is 19.3 Å². The molecule has 1 aliphatic rings. The zero-order valence-electron chi connectivity index (χ0n) is 12.6. The summed E-state index contributed by atoms with van der Waals surface area (Å²) in [5.74, 6) is 1.70. The second-order valence-corrected chi connectivity index (χ2v) is 4.51. The average Bonchev–Trinajstić information content (AvgIpc) is 3.29. The van der Waals surface area contributed by atoms with Gasteiger partial charge >= 0.3 is 29.6 Å². The monoisotopic (exact) mass is 280 g/mol. The van der Waals surface area contributed by atoms with E-state index in [9.17, 15) is 0 Å². The van der Waals surface area contributed by atoms with Crippen LogP contribution in [0.2, 0.25) is 0 Å². The van der Waals surface area contributed by atoms with Gasteiger partial charge in [0.25, 0.3) is 0 Å². The third-order valence-electron chi connectivity index (χ3n) is 2.91. The molecule has 0 saturated carbocycles. The van der Waals surface area contributed by atoms with Gasteiger partial charge in [0.15, 0.2) is 0 Å². The van der Waals surface area contributed by atoms with Gasteiger partial charge in [0.1, 0.15) is 30.8 Å². The second kappa shape index (κ2) is 7.70. The van der Waals surface area contributed by atoms with Crippen molar-refractivity contribution >= 4 is 0 Å². The Labute approximate surface area is 142 Å². The van der Waals surface area contributed by atoms with Gasteiger partial charge in [0.2, 0.25) is 0 Å². The van der Waals surface area contributed by atoms with Crippen molar-refractivity contribution in [3.8, 4) is 11.5 Å². The SMILES string of the molecule is [H-].[Na+].c1ccc(COc2ccc(OC[C@@H]3CO3)cc2)cc1. The molecule has 0 N–H and O–H groups in total. The molecule has 1 atom stereocenters. The molecular formula is C16H17NaO3. The zero-order valence-corrected chi connectivity index (χ0v) is 13.6. The van der Waals surface area contributed by atoms with Crippen molar-refractivity contribution in [2.24, 2.45) is 0 Å². The van der Waals surface area contributed by atoms with E-state index in [1.807, 2.05) is 54.6 Å². The van der Waals surface area contributed by atoms with Crippen molar-refractivity contribution in [2.75, 3.05) is 13.2 Å². The van der Waals surface area contributed by atoms with Crippen molar-refractivity contribution in [2.45, 2.75) is 12.7 Å². The van der Waals surface area contributed by atoms with E-state index in [-0.39, 0.29) is 37.1 Å². The number of ether oxygens (including phenoxy) is 3. The molecule has 0 aromatic heterocycles. The molecular weight excluding hydrogens is 263 g/mol. The fourth-order valence-electron chi connectivity index (χ4n) is 1.73. The van der Waals surface area contributed by atoms with Crippen molar-refractivity contribution in [3.05, 3.63) is 60.2 Å². The van der Waals surface area contributed by atoms with Crippen molar-refractivity contribution in [1.82, 2.24) is 0 Å². The fourth-order valence-corrected chi connectivity index (χ4v) is 1.73. The Kier molecular flexibility index (Phi) is 5.92. The van der Waals surface area contributed by atoms with Crippen LogP contribution in [0.3, 0.4) is 0 Å². The van der Waals surface area contributed by atoms with Gasteiger partial charge in [-0.3, -0.25) is 0 Å². The van der Waals surface area contributed by atoms with Crippen molar-refractivity contribution in [3.63, 3.8) is 0 Å². The Balaban J connectivity index is 0.00000110. The summed E-state index contributed by atoms with van der Waals surface area (Å²) in [7, 11) is 0. The van der Waals surface area contributed by atoms with Crippen LogP contribution in [0.4, 0.5) is 0 Å². The molecule has 4 heteroatoms. The summed E-state index contributed by atoms with van der Waals surface area (Å²) in [5.41, 5.74) is 1.16. The summed E-state index contributed by atoms with van der Waals surface area (Å²) >= 11 is 0. The van der Waals surface area contributed by atoms with E-state index < -0.39 is 0 Å². The standard InChI is InChI=1S/C16H16O3.Na.H/c1-2-4-13(5-3-1)10-17-14-6-8-15(9-7-14)18-11-16-12-19-16;;/h1-9,16H,10-12H2;;/q;+1;-1/t16-;;/m1../s1. The van der Waals surface area contributed by atoms with Gasteiger partial charge in [-0.05, 0) is 29.8 Å². The molecule has 1 fully saturated rings. The molecule has 0 spiro atoms. The maximum Gasteiger partial charge on any atom is 1.00 e. The minimum atomic E-state index is 0. The van der Waals surface area contributed by atoms with E-state index in [0.717, 1.165) is 23.7 Å². The predicted octanol–water partition coefficient (Wildman–Crippen LogP) is 0.160. The van der Waals surface area contributed by atoms with Crippen LogP contribution in [0.25, 0.3) is 0 Å². The smallest absolute Gasteiger partial charge is 1.00 e.